The molecule has 2 N–H and O–H groups in total. The molecular formula is C25H22N4O2S. The van der Waals surface area contributed by atoms with Gasteiger partial charge in [0.2, 0.25) is 11.8 Å². The van der Waals surface area contributed by atoms with Crippen LogP contribution in [-0.2, 0) is 15.1 Å². The van der Waals surface area contributed by atoms with Crippen LogP contribution in [0.15, 0.2) is 78.9 Å². The fourth-order valence-electron chi connectivity index (χ4n) is 4.85. The summed E-state index contributed by atoms with van der Waals surface area (Å²) in [5.74, 6) is -1.22. The predicted molar refractivity (Wildman–Crippen MR) is 124 cm³/mol. The second-order valence-corrected chi connectivity index (χ2v) is 8.54. The third-order valence-corrected chi connectivity index (χ3v) is 6.84. The molecule has 6 nitrogen and oxygen atoms in total. The third-order valence-electron chi connectivity index (χ3n) is 6.30. The first kappa shape index (κ1) is 20.3. The summed E-state index contributed by atoms with van der Waals surface area (Å²) < 4.78 is 8.75. The molecule has 0 saturated carbocycles. The fraction of sp³-hybridized carbons (Fsp3) is 0.200. The summed E-state index contributed by atoms with van der Waals surface area (Å²) in [6.45, 7) is 0.450. The van der Waals surface area contributed by atoms with Gasteiger partial charge in [-0.15, -0.1) is 0 Å². The van der Waals surface area contributed by atoms with E-state index >= 15 is 0 Å². The molecule has 0 bridgehead atoms. The molecule has 2 amide bonds. The normalized spacial score (nSPS) is 18.3. The smallest absolute Gasteiger partial charge is 0.248 e. The van der Waals surface area contributed by atoms with Gasteiger partial charge in [-0.3, -0.25) is 9.59 Å². The summed E-state index contributed by atoms with van der Waals surface area (Å²) in [6, 6.07) is 24.9. The molecule has 160 valence electrons. The standard InChI is InChI=1S/C25H22N4O2S/c26-24(31)25(19-13-7-14-20-22(19)28-32-27-20)15-8-16-29(25)23(30)21(17-9-3-1-4-10-17)18-11-5-2-6-12-18/h1-7,9-14,21H,8,15-16H2,(H2,26,31). The highest BCUT2D eigenvalue weighted by atomic mass is 32.1. The number of rotatable bonds is 5. The van der Waals surface area contributed by atoms with Crippen LogP contribution in [0.3, 0.4) is 0 Å². The number of primary amides is 1. The van der Waals surface area contributed by atoms with Gasteiger partial charge in [0, 0.05) is 12.1 Å². The van der Waals surface area contributed by atoms with Crippen molar-refractivity contribution in [2.45, 2.75) is 24.3 Å². The van der Waals surface area contributed by atoms with Gasteiger partial charge in [-0.2, -0.15) is 8.75 Å². The Hall–Kier alpha value is -3.58. The largest absolute Gasteiger partial charge is 0.367 e. The minimum Gasteiger partial charge on any atom is -0.367 e. The van der Waals surface area contributed by atoms with Crippen molar-refractivity contribution in [2.75, 3.05) is 6.54 Å². The fourth-order valence-corrected chi connectivity index (χ4v) is 5.40. The Morgan fingerprint density at radius 2 is 1.56 bits per heavy atom. The van der Waals surface area contributed by atoms with Gasteiger partial charge >= 0.3 is 0 Å². The van der Waals surface area contributed by atoms with E-state index in [1.165, 1.54) is 0 Å². The van der Waals surface area contributed by atoms with Crippen molar-refractivity contribution in [3.63, 3.8) is 0 Å². The van der Waals surface area contributed by atoms with E-state index in [9.17, 15) is 9.59 Å². The number of hydrogen-bond acceptors (Lipinski definition) is 5. The lowest BCUT2D eigenvalue weighted by atomic mass is 9.83. The predicted octanol–water partition coefficient (Wildman–Crippen LogP) is 3.83. The number of fused-ring (bicyclic) bond motifs is 1. The van der Waals surface area contributed by atoms with E-state index in [1.54, 1.807) is 4.90 Å². The molecule has 1 unspecified atom stereocenters. The topological polar surface area (TPSA) is 89.2 Å². The minimum absolute atomic E-state index is 0.140. The summed E-state index contributed by atoms with van der Waals surface area (Å²) >= 11 is 1.09. The molecule has 0 radical (unpaired) electrons. The quantitative estimate of drug-likeness (QED) is 0.509. The van der Waals surface area contributed by atoms with Crippen LogP contribution in [0.1, 0.15) is 35.4 Å². The molecule has 4 aromatic rings. The molecule has 0 aliphatic carbocycles. The molecule has 3 aromatic carbocycles. The zero-order chi connectivity index (χ0) is 22.1. The number of aromatic nitrogens is 2. The first-order valence-corrected chi connectivity index (χ1v) is 11.3. The Morgan fingerprint density at radius 3 is 2.19 bits per heavy atom. The Bertz CT molecular complexity index is 1240. The van der Waals surface area contributed by atoms with Crippen molar-refractivity contribution in [2.24, 2.45) is 5.73 Å². The van der Waals surface area contributed by atoms with Crippen LogP contribution in [0, 0.1) is 0 Å². The molecule has 2 heterocycles. The maximum atomic E-state index is 14.2. The first-order valence-electron chi connectivity index (χ1n) is 10.6. The van der Waals surface area contributed by atoms with E-state index in [1.807, 2.05) is 78.9 Å². The highest BCUT2D eigenvalue weighted by Crippen LogP contribution is 2.43. The molecule has 1 aliphatic rings. The molecule has 1 saturated heterocycles. The van der Waals surface area contributed by atoms with Gasteiger partial charge < -0.3 is 10.6 Å². The number of likely N-dealkylation sites (tertiary alicyclic amines) is 1. The summed E-state index contributed by atoms with van der Waals surface area (Å²) in [5, 5.41) is 0. The summed E-state index contributed by atoms with van der Waals surface area (Å²) in [6.07, 6.45) is 1.14. The highest BCUT2D eigenvalue weighted by Gasteiger charge is 2.52. The van der Waals surface area contributed by atoms with Gasteiger partial charge in [0.05, 0.1) is 17.6 Å². The van der Waals surface area contributed by atoms with Crippen molar-refractivity contribution >= 4 is 34.6 Å². The van der Waals surface area contributed by atoms with E-state index in [4.69, 9.17) is 5.73 Å². The van der Waals surface area contributed by atoms with E-state index < -0.39 is 17.4 Å². The molecule has 1 aliphatic heterocycles. The third kappa shape index (κ3) is 3.17. The molecule has 7 heteroatoms. The summed E-state index contributed by atoms with van der Waals surface area (Å²) in [4.78, 5) is 29.0. The number of hydrogen-bond donors (Lipinski definition) is 1. The monoisotopic (exact) mass is 442 g/mol. The zero-order valence-corrected chi connectivity index (χ0v) is 18.2. The second kappa shape index (κ2) is 8.16. The number of nitrogens with two attached hydrogens (primary N) is 1. The maximum absolute atomic E-state index is 14.2. The van der Waals surface area contributed by atoms with Crippen LogP contribution in [0.25, 0.3) is 11.0 Å². The van der Waals surface area contributed by atoms with E-state index in [0.717, 1.165) is 22.9 Å². The van der Waals surface area contributed by atoms with Gasteiger partial charge in [0.1, 0.15) is 16.6 Å². The lowest BCUT2D eigenvalue weighted by Crippen LogP contribution is -2.54. The van der Waals surface area contributed by atoms with Crippen molar-refractivity contribution in [3.8, 4) is 0 Å². The van der Waals surface area contributed by atoms with Crippen molar-refractivity contribution in [1.82, 2.24) is 13.6 Å². The van der Waals surface area contributed by atoms with Crippen LogP contribution in [-0.4, -0.2) is 32.0 Å². The van der Waals surface area contributed by atoms with Crippen molar-refractivity contribution < 1.29 is 9.59 Å². The average Bonchev–Trinajstić information content (AvgIpc) is 3.48. The lowest BCUT2D eigenvalue weighted by molar-refractivity contribution is -0.144. The van der Waals surface area contributed by atoms with Crippen LogP contribution >= 0.6 is 11.7 Å². The van der Waals surface area contributed by atoms with Crippen LogP contribution in [0.2, 0.25) is 0 Å². The van der Waals surface area contributed by atoms with Gasteiger partial charge in [-0.1, -0.05) is 72.8 Å². The maximum Gasteiger partial charge on any atom is 0.248 e. The Kier molecular flexibility index (Phi) is 5.19. The van der Waals surface area contributed by atoms with Crippen LogP contribution in [0.4, 0.5) is 0 Å². The van der Waals surface area contributed by atoms with E-state index in [2.05, 4.69) is 8.75 Å². The number of carbonyl (C=O) groups excluding carboxylic acids is 2. The Morgan fingerprint density at radius 1 is 0.906 bits per heavy atom. The highest BCUT2D eigenvalue weighted by molar-refractivity contribution is 7.00. The van der Waals surface area contributed by atoms with Gasteiger partial charge in [-0.05, 0) is 30.0 Å². The molecule has 0 spiro atoms. The van der Waals surface area contributed by atoms with Gasteiger partial charge in [0.25, 0.3) is 0 Å². The zero-order valence-electron chi connectivity index (χ0n) is 17.3. The van der Waals surface area contributed by atoms with Crippen LogP contribution in [0.5, 0.6) is 0 Å². The Labute approximate surface area is 190 Å². The first-order chi connectivity index (χ1) is 15.6. The van der Waals surface area contributed by atoms with E-state index in [-0.39, 0.29) is 5.91 Å². The molecular weight excluding hydrogens is 420 g/mol. The van der Waals surface area contributed by atoms with Gasteiger partial charge in [-0.25, -0.2) is 0 Å². The lowest BCUT2D eigenvalue weighted by Gasteiger charge is -2.38. The molecule has 32 heavy (non-hydrogen) atoms. The molecule has 1 atom stereocenters. The van der Waals surface area contributed by atoms with E-state index in [0.29, 0.717) is 36.0 Å². The van der Waals surface area contributed by atoms with Crippen molar-refractivity contribution in [3.05, 3.63) is 95.6 Å². The number of benzene rings is 3. The molecule has 1 fully saturated rings. The number of amides is 2. The average molecular weight is 443 g/mol. The Balaban J connectivity index is 1.67. The van der Waals surface area contributed by atoms with Gasteiger partial charge in [0.15, 0.2) is 0 Å². The second-order valence-electron chi connectivity index (χ2n) is 8.01. The summed E-state index contributed by atoms with van der Waals surface area (Å²) in [7, 11) is 0. The molecule has 1 aromatic heterocycles. The number of carbonyl (C=O) groups is 2. The summed E-state index contributed by atoms with van der Waals surface area (Å²) in [5.41, 5.74) is 8.54. The number of nitrogens with zero attached hydrogens (tertiary/aromatic N) is 3. The SMILES string of the molecule is NC(=O)C1(c2cccc3nsnc23)CCCN1C(=O)C(c1ccccc1)c1ccccc1. The molecule has 5 rings (SSSR count). The van der Waals surface area contributed by atoms with Crippen LogP contribution < -0.4 is 5.73 Å². The minimum atomic E-state index is -1.26. The van der Waals surface area contributed by atoms with Crippen molar-refractivity contribution in [1.29, 1.82) is 0 Å².